The van der Waals surface area contributed by atoms with Crippen molar-refractivity contribution in [1.29, 1.82) is 0 Å². The molecular formula is C18H19F2N7. The van der Waals surface area contributed by atoms with Gasteiger partial charge in [0, 0.05) is 12.4 Å². The average molecular weight is 371 g/mol. The second-order valence-corrected chi connectivity index (χ2v) is 6.30. The molecule has 1 aromatic carbocycles. The number of nitrogens with zero attached hydrogens (tertiary/aromatic N) is 5. The summed E-state index contributed by atoms with van der Waals surface area (Å²) in [5, 5.41) is 15.0. The molecule has 7 nitrogen and oxygen atoms in total. The minimum Gasteiger partial charge on any atom is -0.344 e. The van der Waals surface area contributed by atoms with E-state index in [1.165, 1.54) is 4.68 Å². The Balaban J connectivity index is 1.48. The molecule has 0 saturated carbocycles. The first kappa shape index (κ1) is 17.2. The van der Waals surface area contributed by atoms with Crippen molar-refractivity contribution in [3.8, 4) is 0 Å². The van der Waals surface area contributed by atoms with Gasteiger partial charge < -0.3 is 10.6 Å². The Hall–Kier alpha value is -3.23. The quantitative estimate of drug-likeness (QED) is 0.699. The van der Waals surface area contributed by atoms with Crippen LogP contribution in [0.5, 0.6) is 0 Å². The van der Waals surface area contributed by atoms with Crippen molar-refractivity contribution < 1.29 is 8.78 Å². The number of aryl methyl sites for hydroxylation is 1. The van der Waals surface area contributed by atoms with Crippen molar-refractivity contribution in [1.82, 2.24) is 19.6 Å². The molecular weight excluding hydrogens is 352 g/mol. The summed E-state index contributed by atoms with van der Waals surface area (Å²) < 4.78 is 28.2. The Morgan fingerprint density at radius 3 is 2.85 bits per heavy atom. The van der Waals surface area contributed by atoms with Crippen molar-refractivity contribution >= 4 is 17.7 Å². The van der Waals surface area contributed by atoms with Crippen LogP contribution in [0.1, 0.15) is 16.8 Å². The number of nitrogens with one attached hydrogen (secondary N) is 2. The van der Waals surface area contributed by atoms with Crippen LogP contribution in [0, 0.1) is 6.92 Å². The Morgan fingerprint density at radius 2 is 2.07 bits per heavy atom. The molecule has 4 rings (SSSR count). The van der Waals surface area contributed by atoms with Crippen LogP contribution >= 0.6 is 0 Å². The Kier molecular flexibility index (Phi) is 4.57. The zero-order valence-corrected chi connectivity index (χ0v) is 14.7. The summed E-state index contributed by atoms with van der Waals surface area (Å²) in [6.45, 7) is 1.97. The van der Waals surface area contributed by atoms with E-state index in [-0.39, 0.29) is 0 Å². The monoisotopic (exact) mass is 371 g/mol. The molecule has 0 fully saturated rings. The van der Waals surface area contributed by atoms with Gasteiger partial charge in [-0.1, -0.05) is 30.3 Å². The lowest BCUT2D eigenvalue weighted by atomic mass is 10.2. The highest BCUT2D eigenvalue weighted by molar-refractivity contribution is 5.88. The van der Waals surface area contributed by atoms with Gasteiger partial charge in [-0.2, -0.15) is 10.2 Å². The molecule has 0 spiro atoms. The Labute approximate surface area is 154 Å². The molecule has 2 N–H and O–H groups in total. The molecule has 1 aliphatic heterocycles. The van der Waals surface area contributed by atoms with Gasteiger partial charge in [0.15, 0.2) is 6.29 Å². The highest BCUT2D eigenvalue weighted by Gasteiger charge is 2.20. The predicted molar refractivity (Wildman–Crippen MR) is 99.4 cm³/mol. The van der Waals surface area contributed by atoms with E-state index >= 15 is 0 Å². The molecule has 1 atom stereocenters. The molecule has 0 radical (unpaired) electrons. The maximum absolute atomic E-state index is 12.5. The van der Waals surface area contributed by atoms with Gasteiger partial charge >= 0.3 is 0 Å². The van der Waals surface area contributed by atoms with Crippen molar-refractivity contribution in [3.63, 3.8) is 0 Å². The largest absolute Gasteiger partial charge is 0.344 e. The summed E-state index contributed by atoms with van der Waals surface area (Å²) in [5.41, 5.74) is 3.33. The number of aliphatic imine (C=N–C) groups is 1. The van der Waals surface area contributed by atoms with Gasteiger partial charge in [0.1, 0.15) is 12.4 Å². The molecule has 1 aliphatic rings. The van der Waals surface area contributed by atoms with Gasteiger partial charge in [-0.25, -0.2) is 18.5 Å². The second kappa shape index (κ2) is 7.18. The third-order valence-corrected chi connectivity index (χ3v) is 4.24. The van der Waals surface area contributed by atoms with Crippen LogP contribution in [0.25, 0.3) is 0 Å². The fourth-order valence-electron chi connectivity index (χ4n) is 2.97. The van der Waals surface area contributed by atoms with E-state index in [2.05, 4.69) is 25.8 Å². The third-order valence-electron chi connectivity index (χ3n) is 4.24. The highest BCUT2D eigenvalue weighted by Crippen LogP contribution is 2.22. The van der Waals surface area contributed by atoms with Crippen molar-refractivity contribution in [3.05, 3.63) is 59.5 Å². The highest BCUT2D eigenvalue weighted by atomic mass is 19.3. The number of anilines is 2. The zero-order chi connectivity index (χ0) is 18.8. The third kappa shape index (κ3) is 3.81. The lowest BCUT2D eigenvalue weighted by Gasteiger charge is -2.22. The summed E-state index contributed by atoms with van der Waals surface area (Å²) in [7, 11) is 0. The smallest absolute Gasteiger partial charge is 0.257 e. The number of aromatic nitrogens is 4. The molecule has 0 bridgehead atoms. The number of benzene rings is 1. The van der Waals surface area contributed by atoms with E-state index in [1.807, 2.05) is 35.0 Å². The van der Waals surface area contributed by atoms with Gasteiger partial charge in [-0.3, -0.25) is 4.68 Å². The minimum absolute atomic E-state index is 0.433. The minimum atomic E-state index is -2.45. The Morgan fingerprint density at radius 1 is 1.26 bits per heavy atom. The summed E-state index contributed by atoms with van der Waals surface area (Å²) in [4.78, 5) is 4.41. The Bertz CT molecular complexity index is 946. The first-order chi connectivity index (χ1) is 13.1. The molecule has 0 amide bonds. The fourth-order valence-corrected chi connectivity index (χ4v) is 2.97. The van der Waals surface area contributed by atoms with Gasteiger partial charge in [-0.05, 0) is 12.5 Å². The molecule has 0 aliphatic carbocycles. The standard InChI is InChI=1S/C18H19F2N7/c1-12-15(10-26(25-12)11-16(19)20)23-18-21-7-14-8-22-27(17(14)24-18)9-13-5-3-2-4-6-13/h2-8,10,16,18,23-24H,9,11H2,1H3. The van der Waals surface area contributed by atoms with Crippen LogP contribution in [-0.4, -0.2) is 38.5 Å². The van der Waals surface area contributed by atoms with Crippen LogP contribution in [0.3, 0.4) is 0 Å². The molecule has 9 heteroatoms. The number of halogens is 2. The van der Waals surface area contributed by atoms with Crippen LogP contribution < -0.4 is 10.6 Å². The summed E-state index contributed by atoms with van der Waals surface area (Å²) >= 11 is 0. The average Bonchev–Trinajstić information content (AvgIpc) is 3.19. The van der Waals surface area contributed by atoms with Crippen LogP contribution in [0.2, 0.25) is 0 Å². The maximum Gasteiger partial charge on any atom is 0.257 e. The van der Waals surface area contributed by atoms with Crippen molar-refractivity contribution in [2.24, 2.45) is 4.99 Å². The number of hydrogen-bond acceptors (Lipinski definition) is 5. The fraction of sp³-hybridized carbons (Fsp3) is 0.278. The molecule has 1 unspecified atom stereocenters. The number of alkyl halides is 2. The number of rotatable bonds is 6. The van der Waals surface area contributed by atoms with Gasteiger partial charge in [-0.15, -0.1) is 0 Å². The summed E-state index contributed by atoms with van der Waals surface area (Å²) in [6, 6.07) is 10.0. The van der Waals surface area contributed by atoms with Crippen LogP contribution in [0.15, 0.2) is 47.7 Å². The molecule has 140 valence electrons. The van der Waals surface area contributed by atoms with E-state index < -0.39 is 19.3 Å². The van der Waals surface area contributed by atoms with E-state index in [4.69, 9.17) is 0 Å². The molecule has 2 aromatic heterocycles. The van der Waals surface area contributed by atoms with E-state index in [0.717, 1.165) is 16.9 Å². The summed E-state index contributed by atoms with van der Waals surface area (Å²) in [5.74, 6) is 0.851. The lowest BCUT2D eigenvalue weighted by molar-refractivity contribution is 0.121. The van der Waals surface area contributed by atoms with Gasteiger partial charge in [0.25, 0.3) is 6.43 Å². The topological polar surface area (TPSA) is 72.1 Å². The molecule has 0 saturated heterocycles. The van der Waals surface area contributed by atoms with Gasteiger partial charge in [0.05, 0.1) is 29.7 Å². The first-order valence-corrected chi connectivity index (χ1v) is 8.56. The van der Waals surface area contributed by atoms with Crippen LogP contribution in [-0.2, 0) is 13.1 Å². The van der Waals surface area contributed by atoms with E-state index in [9.17, 15) is 8.78 Å². The van der Waals surface area contributed by atoms with Crippen LogP contribution in [0.4, 0.5) is 20.3 Å². The van der Waals surface area contributed by atoms with Gasteiger partial charge in [0.2, 0.25) is 0 Å². The summed E-state index contributed by atoms with van der Waals surface area (Å²) in [6.07, 6.45) is 2.19. The lowest BCUT2D eigenvalue weighted by Crippen LogP contribution is -2.31. The zero-order valence-electron chi connectivity index (χ0n) is 14.7. The normalized spacial score (nSPS) is 15.6. The maximum atomic E-state index is 12.5. The SMILES string of the molecule is Cc1nn(CC(F)F)cc1NC1N=Cc2cnn(Cc3ccccc3)c2N1. The van der Waals surface area contributed by atoms with Crippen molar-refractivity contribution in [2.45, 2.75) is 32.7 Å². The first-order valence-electron chi connectivity index (χ1n) is 8.56. The second-order valence-electron chi connectivity index (χ2n) is 6.30. The number of fused-ring (bicyclic) bond motifs is 1. The van der Waals surface area contributed by atoms with Crippen molar-refractivity contribution in [2.75, 3.05) is 10.6 Å². The molecule has 3 aromatic rings. The molecule has 27 heavy (non-hydrogen) atoms. The predicted octanol–water partition coefficient (Wildman–Crippen LogP) is 2.94. The molecule has 3 heterocycles. The van der Waals surface area contributed by atoms with E-state index in [1.54, 1.807) is 25.5 Å². The number of hydrogen-bond donors (Lipinski definition) is 2. The van der Waals surface area contributed by atoms with E-state index in [0.29, 0.717) is 17.9 Å².